The van der Waals surface area contributed by atoms with E-state index < -0.39 is 0 Å². The quantitative estimate of drug-likeness (QED) is 0.583. The molecule has 0 unspecified atom stereocenters. The lowest BCUT2D eigenvalue weighted by Crippen LogP contribution is -2.26. The Morgan fingerprint density at radius 1 is 1.30 bits per heavy atom. The van der Waals surface area contributed by atoms with Crippen LogP contribution in [0, 0.1) is 19.8 Å². The number of carbonyl (C=O) groups is 1. The molecule has 0 N–H and O–H groups in total. The Bertz CT molecular complexity index is 353. The minimum Gasteiger partial charge on any atom is -0.464 e. The third kappa shape index (κ3) is 6.68. The molecule has 0 fully saturated rings. The maximum absolute atomic E-state index is 10.4. The molecule has 0 amide bonds. The van der Waals surface area contributed by atoms with E-state index in [1.807, 2.05) is 30.3 Å². The first kappa shape index (κ1) is 16.7. The van der Waals surface area contributed by atoms with E-state index in [0.717, 1.165) is 5.56 Å². The van der Waals surface area contributed by atoms with Gasteiger partial charge in [0.25, 0.3) is 6.47 Å². The second kappa shape index (κ2) is 10.4. The van der Waals surface area contributed by atoms with Crippen molar-refractivity contribution in [3.63, 3.8) is 0 Å². The molecule has 0 aromatic heterocycles. The lowest BCUT2D eigenvalue weighted by molar-refractivity contribution is -0.134. The van der Waals surface area contributed by atoms with Crippen molar-refractivity contribution in [2.24, 2.45) is 0 Å². The topological polar surface area (TPSA) is 44.8 Å². The summed E-state index contributed by atoms with van der Waals surface area (Å²) < 4.78 is 15.9. The summed E-state index contributed by atoms with van der Waals surface area (Å²) in [5.74, 6) is 0. The number of rotatable bonds is 11. The highest BCUT2D eigenvalue weighted by atomic mass is 16.5. The Morgan fingerprint density at radius 2 is 2.05 bits per heavy atom. The van der Waals surface area contributed by atoms with E-state index in [1.165, 1.54) is 0 Å². The highest BCUT2D eigenvalue weighted by Gasteiger charge is 2.17. The van der Waals surface area contributed by atoms with Crippen LogP contribution in [-0.2, 0) is 25.6 Å². The summed E-state index contributed by atoms with van der Waals surface area (Å²) >= 11 is 0. The number of hydrogen-bond donors (Lipinski definition) is 0. The van der Waals surface area contributed by atoms with Gasteiger partial charge in [0.1, 0.15) is 6.10 Å². The van der Waals surface area contributed by atoms with Crippen LogP contribution in [0.2, 0.25) is 0 Å². The van der Waals surface area contributed by atoms with E-state index in [-0.39, 0.29) is 12.2 Å². The minimum atomic E-state index is -0.338. The molecule has 1 rings (SSSR count). The number of ether oxygens (including phenoxy) is 3. The van der Waals surface area contributed by atoms with Crippen molar-refractivity contribution >= 4 is 6.47 Å². The Kier molecular flexibility index (Phi) is 8.67. The van der Waals surface area contributed by atoms with E-state index in [9.17, 15) is 4.79 Å². The van der Waals surface area contributed by atoms with Gasteiger partial charge in [-0.15, -0.1) is 0 Å². The Morgan fingerprint density at radius 3 is 2.65 bits per heavy atom. The Hall–Kier alpha value is -1.39. The third-order valence-electron chi connectivity index (χ3n) is 2.82. The van der Waals surface area contributed by atoms with Crippen molar-refractivity contribution in [2.45, 2.75) is 25.2 Å². The summed E-state index contributed by atoms with van der Waals surface area (Å²) in [4.78, 5) is 10.4. The van der Waals surface area contributed by atoms with Gasteiger partial charge in [-0.3, -0.25) is 4.79 Å². The first-order chi connectivity index (χ1) is 9.80. The van der Waals surface area contributed by atoms with Gasteiger partial charge < -0.3 is 14.2 Å². The molecule has 0 aliphatic rings. The van der Waals surface area contributed by atoms with Crippen molar-refractivity contribution in [1.82, 2.24) is 0 Å². The molecule has 3 radical (unpaired) electrons. The van der Waals surface area contributed by atoms with Crippen LogP contribution in [-0.4, -0.2) is 32.4 Å². The van der Waals surface area contributed by atoms with Crippen molar-refractivity contribution in [1.29, 1.82) is 0 Å². The average molecular weight is 277 g/mol. The Labute approximate surface area is 121 Å². The van der Waals surface area contributed by atoms with Crippen LogP contribution < -0.4 is 0 Å². The molecule has 109 valence electrons. The molecule has 1 aromatic rings. The van der Waals surface area contributed by atoms with Crippen molar-refractivity contribution in [3.8, 4) is 0 Å². The fourth-order valence-corrected chi connectivity index (χ4v) is 1.78. The van der Waals surface area contributed by atoms with Crippen LogP contribution in [0.15, 0.2) is 30.3 Å². The van der Waals surface area contributed by atoms with E-state index in [0.29, 0.717) is 26.1 Å². The second-order valence-electron chi connectivity index (χ2n) is 4.29. The molecule has 1 aromatic carbocycles. The molecule has 2 atom stereocenters. The van der Waals surface area contributed by atoms with Crippen LogP contribution in [0.25, 0.3) is 0 Å². The zero-order chi connectivity index (χ0) is 14.6. The predicted octanol–water partition coefficient (Wildman–Crippen LogP) is 2.39. The van der Waals surface area contributed by atoms with E-state index in [1.54, 1.807) is 20.0 Å². The number of benzene rings is 1. The smallest absolute Gasteiger partial charge is 0.293 e. The molecule has 0 saturated carbocycles. The second-order valence-corrected chi connectivity index (χ2v) is 4.29. The minimum absolute atomic E-state index is 0.139. The fraction of sp³-hybridized carbons (Fsp3) is 0.375. The van der Waals surface area contributed by atoms with Crippen LogP contribution in [0.5, 0.6) is 0 Å². The maximum Gasteiger partial charge on any atom is 0.293 e. The largest absolute Gasteiger partial charge is 0.464 e. The highest BCUT2D eigenvalue weighted by Crippen LogP contribution is 2.11. The third-order valence-corrected chi connectivity index (χ3v) is 2.82. The molecular weight excluding hydrogens is 256 g/mol. The van der Waals surface area contributed by atoms with E-state index in [4.69, 9.17) is 14.2 Å². The summed E-state index contributed by atoms with van der Waals surface area (Å²) in [5.41, 5.74) is 1.11. The number of hydrogen-bond acceptors (Lipinski definition) is 4. The summed E-state index contributed by atoms with van der Waals surface area (Å²) in [5, 5.41) is 0. The van der Waals surface area contributed by atoms with Gasteiger partial charge in [-0.1, -0.05) is 30.3 Å². The lowest BCUT2D eigenvalue weighted by Gasteiger charge is -2.21. The van der Waals surface area contributed by atoms with Gasteiger partial charge >= 0.3 is 0 Å². The van der Waals surface area contributed by atoms with Gasteiger partial charge in [-0.2, -0.15) is 0 Å². The van der Waals surface area contributed by atoms with Gasteiger partial charge in [0.05, 0.1) is 19.3 Å². The van der Waals surface area contributed by atoms with Crippen molar-refractivity contribution in [3.05, 3.63) is 55.7 Å². The molecule has 20 heavy (non-hydrogen) atoms. The monoisotopic (exact) mass is 277 g/mol. The van der Waals surface area contributed by atoms with Crippen molar-refractivity contribution < 1.29 is 19.0 Å². The standard InChI is InChI=1S/C16H21O4/c1-3-7-15(20-13-17)10-16(18-2)12-19-11-14-8-5-4-6-9-14/h3-9,13,15-16H,1,10-12H2,2H3/t15-,16-/m0/s1. The average Bonchev–Trinajstić information content (AvgIpc) is 2.47. The summed E-state index contributed by atoms with van der Waals surface area (Å²) in [7, 11) is 1.61. The van der Waals surface area contributed by atoms with Crippen LogP contribution in [0.3, 0.4) is 0 Å². The van der Waals surface area contributed by atoms with E-state index in [2.05, 4.69) is 6.92 Å². The normalized spacial score (nSPS) is 13.7. The fourth-order valence-electron chi connectivity index (χ4n) is 1.78. The number of carbonyl (C=O) groups excluding carboxylic acids is 1. The molecule has 0 spiro atoms. The SMILES string of the molecule is [CH2][CH][CH][C@@H](C[C@@H](COCc1ccccc1)OC)OC=O. The van der Waals surface area contributed by atoms with E-state index >= 15 is 0 Å². The van der Waals surface area contributed by atoms with Crippen LogP contribution in [0.4, 0.5) is 0 Å². The van der Waals surface area contributed by atoms with Gasteiger partial charge in [-0.25, -0.2) is 0 Å². The number of methoxy groups -OCH3 is 1. The molecule has 4 nitrogen and oxygen atoms in total. The molecule has 0 saturated heterocycles. The summed E-state index contributed by atoms with van der Waals surface area (Å²) in [6, 6.07) is 9.92. The molecule has 0 bridgehead atoms. The maximum atomic E-state index is 10.4. The highest BCUT2D eigenvalue weighted by molar-refractivity contribution is 5.38. The molecule has 0 heterocycles. The molecule has 0 aliphatic heterocycles. The summed E-state index contributed by atoms with van der Waals surface area (Å²) in [6.45, 7) is 5.00. The zero-order valence-corrected chi connectivity index (χ0v) is 11.7. The van der Waals surface area contributed by atoms with Gasteiger partial charge in [0, 0.05) is 20.0 Å². The summed E-state index contributed by atoms with van der Waals surface area (Å²) in [6.07, 6.45) is 3.38. The Balaban J connectivity index is 2.32. The molecule has 4 heteroatoms. The first-order valence-corrected chi connectivity index (χ1v) is 6.49. The van der Waals surface area contributed by atoms with Gasteiger partial charge in [0.15, 0.2) is 0 Å². The predicted molar refractivity (Wildman–Crippen MR) is 76.4 cm³/mol. The van der Waals surface area contributed by atoms with Crippen molar-refractivity contribution in [2.75, 3.05) is 13.7 Å². The van der Waals surface area contributed by atoms with Crippen LogP contribution >= 0.6 is 0 Å². The van der Waals surface area contributed by atoms with Crippen LogP contribution in [0.1, 0.15) is 12.0 Å². The first-order valence-electron chi connectivity index (χ1n) is 6.49. The van der Waals surface area contributed by atoms with Gasteiger partial charge in [-0.05, 0) is 18.9 Å². The lowest BCUT2D eigenvalue weighted by atomic mass is 10.1. The van der Waals surface area contributed by atoms with Gasteiger partial charge in [0.2, 0.25) is 0 Å². The molecular formula is C16H21O4. The molecule has 0 aliphatic carbocycles. The zero-order valence-electron chi connectivity index (χ0n) is 11.7.